The van der Waals surface area contributed by atoms with Gasteiger partial charge in [-0.3, -0.25) is 4.79 Å². The van der Waals surface area contributed by atoms with Crippen LogP contribution in [-0.2, 0) is 14.3 Å². The monoisotopic (exact) mass is 280 g/mol. The number of cyclic esters (lactones) is 1. The van der Waals surface area contributed by atoms with E-state index in [1.54, 1.807) is 31.2 Å². The fraction of sp³-hybridized carbons (Fsp3) is 0.429. The van der Waals surface area contributed by atoms with Crippen molar-refractivity contribution in [2.75, 3.05) is 0 Å². The van der Waals surface area contributed by atoms with Gasteiger partial charge in [-0.1, -0.05) is 36.9 Å². The summed E-state index contributed by atoms with van der Waals surface area (Å²) in [7, 11) is 0. The Bertz CT molecular complexity index is 460. The zero-order valence-electron chi connectivity index (χ0n) is 10.9. The Hall–Kier alpha value is -1.49. The van der Waals surface area contributed by atoms with E-state index in [0.29, 0.717) is 12.0 Å². The second-order valence-electron chi connectivity index (χ2n) is 4.30. The predicted molar refractivity (Wildman–Crippen MR) is 72.9 cm³/mol. The summed E-state index contributed by atoms with van der Waals surface area (Å²) in [6.45, 7) is 3.69. The lowest BCUT2D eigenvalue weighted by atomic mass is 10.2. The maximum Gasteiger partial charge on any atom is 0.338 e. The second-order valence-corrected chi connectivity index (χ2v) is 5.75. The van der Waals surface area contributed by atoms with Gasteiger partial charge in [0.1, 0.15) is 11.4 Å². The molecule has 0 amide bonds. The zero-order chi connectivity index (χ0) is 13.8. The topological polar surface area (TPSA) is 52.6 Å². The van der Waals surface area contributed by atoms with E-state index in [-0.39, 0.29) is 17.2 Å². The molecule has 1 aliphatic heterocycles. The Balaban J connectivity index is 2.00. The maximum atomic E-state index is 12.0. The molecule has 3 atom stereocenters. The van der Waals surface area contributed by atoms with Crippen LogP contribution in [-0.4, -0.2) is 28.7 Å². The molecule has 2 rings (SSSR count). The fourth-order valence-corrected chi connectivity index (χ4v) is 2.91. The molecule has 0 spiro atoms. The van der Waals surface area contributed by atoms with Crippen LogP contribution in [0.15, 0.2) is 30.3 Å². The van der Waals surface area contributed by atoms with Crippen molar-refractivity contribution in [2.24, 2.45) is 0 Å². The van der Waals surface area contributed by atoms with E-state index in [1.807, 2.05) is 13.0 Å². The first-order valence-electron chi connectivity index (χ1n) is 6.23. The molecule has 1 aromatic rings. The van der Waals surface area contributed by atoms with Crippen LogP contribution in [0.25, 0.3) is 0 Å². The van der Waals surface area contributed by atoms with Crippen LogP contribution in [0.1, 0.15) is 30.6 Å². The van der Waals surface area contributed by atoms with E-state index in [4.69, 9.17) is 9.47 Å². The normalized spacial score (nSPS) is 23.8. The van der Waals surface area contributed by atoms with Gasteiger partial charge in [0.25, 0.3) is 0 Å². The van der Waals surface area contributed by atoms with Crippen molar-refractivity contribution in [2.45, 2.75) is 37.1 Å². The highest BCUT2D eigenvalue weighted by molar-refractivity contribution is 8.01. The van der Waals surface area contributed by atoms with Crippen molar-refractivity contribution >= 4 is 23.7 Å². The third-order valence-electron chi connectivity index (χ3n) is 2.88. The van der Waals surface area contributed by atoms with Gasteiger partial charge in [-0.2, -0.15) is 0 Å². The van der Waals surface area contributed by atoms with Crippen molar-refractivity contribution in [1.82, 2.24) is 0 Å². The van der Waals surface area contributed by atoms with E-state index in [2.05, 4.69) is 0 Å². The molecule has 102 valence electrons. The van der Waals surface area contributed by atoms with Crippen LogP contribution in [0.4, 0.5) is 0 Å². The quantitative estimate of drug-likeness (QED) is 0.794. The van der Waals surface area contributed by atoms with Gasteiger partial charge < -0.3 is 9.47 Å². The number of carbonyl (C=O) groups excluding carboxylic acids is 2. The molecule has 0 saturated carbocycles. The SMILES string of the molecule is CC[C@H](OC(=O)c1ccccc1)C1OC(=O)[C@H](C)S1. The highest BCUT2D eigenvalue weighted by Gasteiger charge is 2.38. The lowest BCUT2D eigenvalue weighted by Crippen LogP contribution is -2.29. The van der Waals surface area contributed by atoms with E-state index < -0.39 is 11.5 Å². The summed E-state index contributed by atoms with van der Waals surface area (Å²) < 4.78 is 10.6. The molecule has 0 bridgehead atoms. The van der Waals surface area contributed by atoms with Gasteiger partial charge in [-0.15, -0.1) is 0 Å². The van der Waals surface area contributed by atoms with Crippen LogP contribution in [0.3, 0.4) is 0 Å². The second kappa shape index (κ2) is 6.10. The summed E-state index contributed by atoms with van der Waals surface area (Å²) in [6, 6.07) is 8.80. The molecule has 0 N–H and O–H groups in total. The van der Waals surface area contributed by atoms with Crippen LogP contribution >= 0.6 is 11.8 Å². The average Bonchev–Trinajstić information content (AvgIpc) is 2.76. The van der Waals surface area contributed by atoms with Crippen LogP contribution in [0, 0.1) is 0 Å². The van der Waals surface area contributed by atoms with Gasteiger partial charge >= 0.3 is 11.9 Å². The molecule has 4 nitrogen and oxygen atoms in total. The predicted octanol–water partition coefficient (Wildman–Crippen LogP) is 2.63. The van der Waals surface area contributed by atoms with Crippen LogP contribution in [0.2, 0.25) is 0 Å². The lowest BCUT2D eigenvalue weighted by molar-refractivity contribution is -0.145. The lowest BCUT2D eigenvalue weighted by Gasteiger charge is -2.20. The van der Waals surface area contributed by atoms with Crippen molar-refractivity contribution in [3.05, 3.63) is 35.9 Å². The summed E-state index contributed by atoms with van der Waals surface area (Å²) in [5.41, 5.74) is 0.100. The number of rotatable bonds is 4. The molecule has 0 aliphatic carbocycles. The number of ether oxygens (including phenoxy) is 2. The first-order valence-corrected chi connectivity index (χ1v) is 7.18. The Morgan fingerprint density at radius 3 is 2.63 bits per heavy atom. The fourth-order valence-electron chi connectivity index (χ4n) is 1.77. The van der Waals surface area contributed by atoms with Gasteiger partial charge in [0.05, 0.1) is 5.56 Å². The maximum absolute atomic E-state index is 12.0. The molecule has 1 heterocycles. The van der Waals surface area contributed by atoms with E-state index >= 15 is 0 Å². The zero-order valence-corrected chi connectivity index (χ0v) is 11.7. The smallest absolute Gasteiger partial charge is 0.338 e. The number of hydrogen-bond acceptors (Lipinski definition) is 5. The molecule has 5 heteroatoms. The molecule has 1 aliphatic rings. The third-order valence-corrected chi connectivity index (χ3v) is 4.15. The summed E-state index contributed by atoms with van der Waals surface area (Å²) in [5.74, 6) is -0.632. The molecule has 1 aromatic carbocycles. The van der Waals surface area contributed by atoms with Crippen molar-refractivity contribution < 1.29 is 19.1 Å². The summed E-state index contributed by atoms with van der Waals surface area (Å²) in [4.78, 5) is 23.3. The van der Waals surface area contributed by atoms with Gasteiger partial charge in [-0.05, 0) is 25.5 Å². The molecular formula is C14H16O4S. The Morgan fingerprint density at radius 1 is 1.42 bits per heavy atom. The first-order chi connectivity index (χ1) is 9.11. The third kappa shape index (κ3) is 3.29. The highest BCUT2D eigenvalue weighted by atomic mass is 32.2. The molecule has 19 heavy (non-hydrogen) atoms. The molecule has 0 aromatic heterocycles. The van der Waals surface area contributed by atoms with E-state index in [0.717, 1.165) is 0 Å². The molecule has 0 radical (unpaired) electrons. The minimum Gasteiger partial charge on any atom is -0.454 e. The highest BCUT2D eigenvalue weighted by Crippen LogP contribution is 2.32. The van der Waals surface area contributed by atoms with Crippen LogP contribution in [0.5, 0.6) is 0 Å². The Morgan fingerprint density at radius 2 is 2.11 bits per heavy atom. The van der Waals surface area contributed by atoms with Crippen molar-refractivity contribution in [1.29, 1.82) is 0 Å². The summed E-state index contributed by atoms with van der Waals surface area (Å²) in [6.07, 6.45) is 0.197. The van der Waals surface area contributed by atoms with Crippen LogP contribution < -0.4 is 0 Å². The standard InChI is InChI=1S/C14H16O4S/c1-3-11(14-18-12(15)9(2)19-14)17-13(16)10-7-5-4-6-8-10/h4-9,11,14H,3H2,1-2H3/t9-,11-,14?/m0/s1. The Labute approximate surface area is 116 Å². The number of thioether (sulfide) groups is 1. The summed E-state index contributed by atoms with van der Waals surface area (Å²) in [5, 5.41) is -0.200. The largest absolute Gasteiger partial charge is 0.454 e. The number of benzene rings is 1. The van der Waals surface area contributed by atoms with Crippen molar-refractivity contribution in [3.8, 4) is 0 Å². The van der Waals surface area contributed by atoms with Gasteiger partial charge in [-0.25, -0.2) is 4.79 Å². The Kier molecular flexibility index (Phi) is 4.47. The van der Waals surface area contributed by atoms with Crippen molar-refractivity contribution in [3.63, 3.8) is 0 Å². The van der Waals surface area contributed by atoms with E-state index in [1.165, 1.54) is 11.8 Å². The minimum absolute atomic E-state index is 0.200. The summed E-state index contributed by atoms with van der Waals surface area (Å²) >= 11 is 1.39. The number of carbonyl (C=O) groups is 2. The van der Waals surface area contributed by atoms with E-state index in [9.17, 15) is 9.59 Å². The molecular weight excluding hydrogens is 264 g/mol. The average molecular weight is 280 g/mol. The van der Waals surface area contributed by atoms with Gasteiger partial charge in [0.2, 0.25) is 0 Å². The van der Waals surface area contributed by atoms with Gasteiger partial charge in [0, 0.05) is 0 Å². The molecule has 1 unspecified atom stereocenters. The number of hydrogen-bond donors (Lipinski definition) is 0. The minimum atomic E-state index is -0.411. The van der Waals surface area contributed by atoms with Gasteiger partial charge in [0.15, 0.2) is 5.44 Å². The molecule has 1 saturated heterocycles. The number of esters is 2. The first kappa shape index (κ1) is 13.9. The molecule has 1 fully saturated rings.